The zero-order chi connectivity index (χ0) is 27.0. The summed E-state index contributed by atoms with van der Waals surface area (Å²) in [5.41, 5.74) is 0.198. The van der Waals surface area contributed by atoms with Gasteiger partial charge < -0.3 is 19.3 Å². The Bertz CT molecular complexity index is 611. The Labute approximate surface area is 220 Å². The Morgan fingerprint density at radius 3 is 1.81 bits per heavy atom. The van der Waals surface area contributed by atoms with Gasteiger partial charge in [0.05, 0.1) is 39.5 Å². The van der Waals surface area contributed by atoms with Crippen LogP contribution < -0.4 is 0 Å². The van der Waals surface area contributed by atoms with E-state index in [1.807, 2.05) is 0 Å². The standard InChI is InChI=1S/C29H55NO6/c1-7-28(4,5)30(18-20-34-21-19-31)17-15-27(33)36-23-25-12-10-24(11-13-25)22-35-26(32)14-16-29(6,8-2)9-3/h24-25,31H,7-23H2,1-6H3. The Balaban J connectivity index is 2.27. The summed E-state index contributed by atoms with van der Waals surface area (Å²) in [6.45, 7) is 16.4. The summed E-state index contributed by atoms with van der Waals surface area (Å²) in [4.78, 5) is 26.9. The van der Waals surface area contributed by atoms with Gasteiger partial charge >= 0.3 is 11.9 Å². The van der Waals surface area contributed by atoms with Crippen molar-refractivity contribution in [2.45, 2.75) is 111 Å². The molecule has 1 N–H and O–H groups in total. The number of aliphatic hydroxyl groups is 1. The number of ether oxygens (including phenoxy) is 3. The average Bonchev–Trinajstić information content (AvgIpc) is 2.89. The van der Waals surface area contributed by atoms with Gasteiger partial charge in [-0.25, -0.2) is 0 Å². The molecule has 212 valence electrons. The quantitative estimate of drug-likeness (QED) is 0.183. The molecule has 0 aromatic rings. The first-order valence-corrected chi connectivity index (χ1v) is 14.3. The van der Waals surface area contributed by atoms with Gasteiger partial charge in [0.15, 0.2) is 0 Å². The van der Waals surface area contributed by atoms with Crippen molar-refractivity contribution >= 4 is 11.9 Å². The summed E-state index contributed by atoms with van der Waals surface area (Å²) in [5, 5.41) is 8.88. The number of carbonyl (C=O) groups excluding carboxylic acids is 2. The predicted octanol–water partition coefficient (Wildman–Crippen LogP) is 5.38. The van der Waals surface area contributed by atoms with Crippen LogP contribution in [0.3, 0.4) is 0 Å². The second-order valence-corrected chi connectivity index (χ2v) is 11.5. The second-order valence-electron chi connectivity index (χ2n) is 11.5. The third-order valence-electron chi connectivity index (χ3n) is 8.61. The van der Waals surface area contributed by atoms with Gasteiger partial charge in [-0.1, -0.05) is 40.5 Å². The Hall–Kier alpha value is -1.18. The molecule has 1 aliphatic rings. The Kier molecular flexibility index (Phi) is 15.8. The molecule has 7 nitrogen and oxygen atoms in total. The molecular weight excluding hydrogens is 458 g/mol. The molecule has 7 heteroatoms. The van der Waals surface area contributed by atoms with Crippen LogP contribution in [0, 0.1) is 17.3 Å². The van der Waals surface area contributed by atoms with Crippen molar-refractivity contribution in [3.05, 3.63) is 0 Å². The Morgan fingerprint density at radius 2 is 1.33 bits per heavy atom. The van der Waals surface area contributed by atoms with E-state index < -0.39 is 0 Å². The fourth-order valence-corrected chi connectivity index (χ4v) is 4.65. The third kappa shape index (κ3) is 12.9. The van der Waals surface area contributed by atoms with Crippen molar-refractivity contribution in [1.82, 2.24) is 4.90 Å². The lowest BCUT2D eigenvalue weighted by atomic mass is 9.80. The average molecular weight is 514 g/mol. The zero-order valence-electron chi connectivity index (χ0n) is 24.1. The number of hydrogen-bond donors (Lipinski definition) is 1. The summed E-state index contributed by atoms with van der Waals surface area (Å²) in [7, 11) is 0. The number of nitrogens with zero attached hydrogens (tertiary/aromatic N) is 1. The minimum atomic E-state index is -0.148. The van der Waals surface area contributed by atoms with Gasteiger partial charge in [-0.05, 0) is 69.6 Å². The van der Waals surface area contributed by atoms with Crippen LogP contribution in [0.25, 0.3) is 0 Å². The van der Waals surface area contributed by atoms with Gasteiger partial charge in [-0.3, -0.25) is 14.5 Å². The lowest BCUT2D eigenvalue weighted by Gasteiger charge is -2.38. The summed E-state index contributed by atoms with van der Waals surface area (Å²) in [5.74, 6) is 0.595. The molecular formula is C29H55NO6. The zero-order valence-corrected chi connectivity index (χ0v) is 24.1. The molecule has 36 heavy (non-hydrogen) atoms. The van der Waals surface area contributed by atoms with Gasteiger partial charge in [0.2, 0.25) is 0 Å². The first kappa shape index (κ1) is 32.8. The van der Waals surface area contributed by atoms with Crippen LogP contribution in [-0.2, 0) is 23.8 Å². The molecule has 0 amide bonds. The topological polar surface area (TPSA) is 85.3 Å². The molecule has 0 unspecified atom stereocenters. The molecule has 0 bridgehead atoms. The van der Waals surface area contributed by atoms with Crippen LogP contribution in [0.1, 0.15) is 106 Å². The maximum absolute atomic E-state index is 12.4. The van der Waals surface area contributed by atoms with E-state index in [2.05, 4.69) is 46.4 Å². The third-order valence-corrected chi connectivity index (χ3v) is 8.61. The van der Waals surface area contributed by atoms with Gasteiger partial charge in [-0.2, -0.15) is 0 Å². The molecule has 1 aliphatic carbocycles. The molecule has 0 saturated heterocycles. The van der Waals surface area contributed by atoms with Crippen molar-refractivity contribution in [3.63, 3.8) is 0 Å². The molecule has 0 radical (unpaired) electrons. The number of aliphatic hydroxyl groups excluding tert-OH is 1. The number of rotatable bonds is 19. The number of carbonyl (C=O) groups is 2. The highest BCUT2D eigenvalue weighted by molar-refractivity contribution is 5.69. The summed E-state index contributed by atoms with van der Waals surface area (Å²) in [6.07, 6.45) is 8.96. The maximum atomic E-state index is 12.4. The lowest BCUT2D eigenvalue weighted by Crippen LogP contribution is -2.46. The summed E-state index contributed by atoms with van der Waals surface area (Å²) in [6, 6.07) is 0. The van der Waals surface area contributed by atoms with E-state index >= 15 is 0 Å². The molecule has 0 atom stereocenters. The van der Waals surface area contributed by atoms with E-state index in [1.165, 1.54) is 0 Å². The van der Waals surface area contributed by atoms with Gasteiger partial charge in [0, 0.05) is 25.0 Å². The molecule has 0 aromatic carbocycles. The highest BCUT2D eigenvalue weighted by Crippen LogP contribution is 2.32. The largest absolute Gasteiger partial charge is 0.465 e. The summed E-state index contributed by atoms with van der Waals surface area (Å²) >= 11 is 0. The van der Waals surface area contributed by atoms with E-state index in [9.17, 15) is 9.59 Å². The normalized spacial score (nSPS) is 18.9. The molecule has 0 aliphatic heterocycles. The van der Waals surface area contributed by atoms with Crippen LogP contribution in [0.2, 0.25) is 0 Å². The van der Waals surface area contributed by atoms with Gasteiger partial charge in [0.25, 0.3) is 0 Å². The first-order valence-electron chi connectivity index (χ1n) is 14.3. The number of hydrogen-bond acceptors (Lipinski definition) is 7. The molecule has 0 aromatic heterocycles. The molecule has 1 rings (SSSR count). The number of esters is 2. The van der Waals surface area contributed by atoms with Crippen LogP contribution in [0.4, 0.5) is 0 Å². The van der Waals surface area contributed by atoms with E-state index in [-0.39, 0.29) is 29.5 Å². The highest BCUT2D eigenvalue weighted by atomic mass is 16.5. The van der Waals surface area contributed by atoms with Crippen LogP contribution >= 0.6 is 0 Å². The van der Waals surface area contributed by atoms with E-state index in [0.29, 0.717) is 57.6 Å². The van der Waals surface area contributed by atoms with E-state index in [4.69, 9.17) is 19.3 Å². The van der Waals surface area contributed by atoms with Crippen molar-refractivity contribution in [2.24, 2.45) is 17.3 Å². The monoisotopic (exact) mass is 513 g/mol. The van der Waals surface area contributed by atoms with Crippen molar-refractivity contribution in [3.8, 4) is 0 Å². The molecule has 1 fully saturated rings. The van der Waals surface area contributed by atoms with Crippen molar-refractivity contribution in [1.29, 1.82) is 0 Å². The fourth-order valence-electron chi connectivity index (χ4n) is 4.65. The maximum Gasteiger partial charge on any atom is 0.307 e. The van der Waals surface area contributed by atoms with Crippen LogP contribution in [0.15, 0.2) is 0 Å². The SMILES string of the molecule is CCC(C)(CC)CCC(=O)OCC1CCC(COC(=O)CCN(CCOCCO)C(C)(C)CC)CC1. The van der Waals surface area contributed by atoms with Crippen molar-refractivity contribution < 1.29 is 28.9 Å². The van der Waals surface area contributed by atoms with Gasteiger partial charge in [-0.15, -0.1) is 0 Å². The van der Waals surface area contributed by atoms with E-state index in [1.54, 1.807) is 0 Å². The smallest absolute Gasteiger partial charge is 0.307 e. The second kappa shape index (κ2) is 17.4. The van der Waals surface area contributed by atoms with Crippen LogP contribution in [0.5, 0.6) is 0 Å². The molecule has 1 saturated carbocycles. The fraction of sp³-hybridized carbons (Fsp3) is 0.931. The molecule has 0 heterocycles. The first-order chi connectivity index (χ1) is 17.1. The minimum absolute atomic E-state index is 0.0220. The Morgan fingerprint density at radius 1 is 0.806 bits per heavy atom. The van der Waals surface area contributed by atoms with Crippen molar-refractivity contribution in [2.75, 3.05) is 46.1 Å². The predicted molar refractivity (Wildman–Crippen MR) is 144 cm³/mol. The van der Waals surface area contributed by atoms with Crippen LogP contribution in [-0.4, -0.2) is 73.6 Å². The summed E-state index contributed by atoms with van der Waals surface area (Å²) < 4.78 is 16.6. The molecule has 0 spiro atoms. The van der Waals surface area contributed by atoms with E-state index in [0.717, 1.165) is 57.9 Å². The highest BCUT2D eigenvalue weighted by Gasteiger charge is 2.27. The minimum Gasteiger partial charge on any atom is -0.465 e. The lowest BCUT2D eigenvalue weighted by molar-refractivity contribution is -0.148. The van der Waals surface area contributed by atoms with Gasteiger partial charge in [0.1, 0.15) is 0 Å².